The molecule has 0 radical (unpaired) electrons. The van der Waals surface area contributed by atoms with Gasteiger partial charge in [-0.1, -0.05) is 30.5 Å². The van der Waals surface area contributed by atoms with Gasteiger partial charge in [-0.15, -0.1) is 0 Å². The fourth-order valence-corrected chi connectivity index (χ4v) is 5.99. The first-order valence-electron chi connectivity index (χ1n) is 9.89. The zero-order valence-electron chi connectivity index (χ0n) is 16.5. The monoisotopic (exact) mass is 476 g/mol. The number of carbonyl (C=O) groups excluding carboxylic acids is 1. The Bertz CT molecular complexity index is 1260. The zero-order valence-corrected chi connectivity index (χ0v) is 18.9. The Hall–Kier alpha value is -2.49. The third-order valence-electron chi connectivity index (χ3n) is 5.35. The molecule has 2 aromatic carbocycles. The van der Waals surface area contributed by atoms with Crippen LogP contribution in [0.3, 0.4) is 0 Å². The van der Waals surface area contributed by atoms with Gasteiger partial charge in [-0.05, 0) is 67.5 Å². The van der Waals surface area contributed by atoms with Gasteiger partial charge in [0.25, 0.3) is 0 Å². The molecule has 1 heterocycles. The predicted molar refractivity (Wildman–Crippen MR) is 122 cm³/mol. The molecule has 3 aromatic rings. The highest BCUT2D eigenvalue weighted by atomic mass is 35.5. The Kier molecular flexibility index (Phi) is 6.27. The lowest BCUT2D eigenvalue weighted by Crippen LogP contribution is -2.20. The fourth-order valence-electron chi connectivity index (χ4n) is 3.77. The van der Waals surface area contributed by atoms with Gasteiger partial charge in [0.2, 0.25) is 5.91 Å². The highest BCUT2D eigenvalue weighted by Crippen LogP contribution is 2.30. The number of carbonyl (C=O) groups is 1. The number of nitrogens with zero attached hydrogens (tertiary/aromatic N) is 2. The van der Waals surface area contributed by atoms with Crippen LogP contribution in [0.15, 0.2) is 53.4 Å². The molecule has 7 nitrogen and oxygen atoms in total. The Labute approximate surface area is 190 Å². The topological polar surface area (TPSA) is 96.8 Å². The lowest BCUT2D eigenvalue weighted by molar-refractivity contribution is -0.116. The summed E-state index contributed by atoms with van der Waals surface area (Å²) in [5.41, 5.74) is 1.18. The van der Waals surface area contributed by atoms with Crippen molar-refractivity contribution >= 4 is 45.3 Å². The van der Waals surface area contributed by atoms with Crippen LogP contribution in [-0.2, 0) is 21.2 Å². The van der Waals surface area contributed by atoms with Gasteiger partial charge in [-0.25, -0.2) is 8.42 Å². The second-order valence-corrected chi connectivity index (χ2v) is 10.5. The van der Waals surface area contributed by atoms with Crippen molar-refractivity contribution in [3.8, 4) is 11.4 Å². The van der Waals surface area contributed by atoms with Crippen LogP contribution in [0.25, 0.3) is 11.4 Å². The number of H-pyrrole nitrogens is 1. The highest BCUT2D eigenvalue weighted by molar-refractivity contribution is 7.92. The summed E-state index contributed by atoms with van der Waals surface area (Å²) in [4.78, 5) is 12.9. The molecule has 1 aromatic heterocycles. The second kappa shape index (κ2) is 8.94. The standard InChI is InChI=1S/C21H21ClN4O3S2/c22-15-10-8-14(9-11-15)20-24-25-21(30)26(20)13-19(27)23-16-4-3-7-18(12-16)31(28,29)17-5-1-2-6-17/h3-4,7-12,17H,1-2,5-6,13H2,(H,23,27)(H,25,30). The lowest BCUT2D eigenvalue weighted by Gasteiger charge is -2.13. The molecule has 0 unspecified atom stereocenters. The minimum atomic E-state index is -3.40. The maximum absolute atomic E-state index is 12.8. The molecule has 1 fully saturated rings. The number of aromatic amines is 1. The minimum absolute atomic E-state index is 0.0765. The quantitative estimate of drug-likeness (QED) is 0.506. The third kappa shape index (κ3) is 4.73. The molecule has 162 valence electrons. The molecule has 31 heavy (non-hydrogen) atoms. The average Bonchev–Trinajstić information content (AvgIpc) is 3.41. The van der Waals surface area contributed by atoms with Crippen LogP contribution >= 0.6 is 23.8 Å². The molecular weight excluding hydrogens is 456 g/mol. The van der Waals surface area contributed by atoms with E-state index >= 15 is 0 Å². The van der Waals surface area contributed by atoms with Gasteiger partial charge in [0.15, 0.2) is 20.4 Å². The van der Waals surface area contributed by atoms with Crippen LogP contribution in [0.4, 0.5) is 5.69 Å². The maximum atomic E-state index is 12.8. The first kappa shape index (κ1) is 21.7. The van der Waals surface area contributed by atoms with E-state index in [4.69, 9.17) is 23.8 Å². The molecule has 0 spiro atoms. The van der Waals surface area contributed by atoms with E-state index in [0.29, 0.717) is 34.1 Å². The molecule has 10 heteroatoms. The van der Waals surface area contributed by atoms with Crippen molar-refractivity contribution in [3.63, 3.8) is 0 Å². The summed E-state index contributed by atoms with van der Waals surface area (Å²) >= 11 is 11.2. The third-order valence-corrected chi connectivity index (χ3v) is 8.17. The molecular formula is C21H21ClN4O3S2. The predicted octanol–water partition coefficient (Wildman–Crippen LogP) is 4.62. The average molecular weight is 477 g/mol. The van der Waals surface area contributed by atoms with Gasteiger partial charge in [-0.3, -0.25) is 14.5 Å². The lowest BCUT2D eigenvalue weighted by atomic mass is 10.2. The summed E-state index contributed by atoms with van der Waals surface area (Å²) in [6.45, 7) is -0.0765. The molecule has 4 rings (SSSR count). The van der Waals surface area contributed by atoms with Crippen LogP contribution in [-0.4, -0.2) is 34.3 Å². The molecule has 1 aliphatic carbocycles. The number of sulfone groups is 1. The minimum Gasteiger partial charge on any atom is -0.324 e. The van der Waals surface area contributed by atoms with Gasteiger partial charge in [0.05, 0.1) is 10.1 Å². The summed E-state index contributed by atoms with van der Waals surface area (Å²) in [5, 5.41) is 9.93. The van der Waals surface area contributed by atoms with Gasteiger partial charge in [-0.2, -0.15) is 5.10 Å². The molecule has 0 saturated heterocycles. The van der Waals surface area contributed by atoms with E-state index in [9.17, 15) is 13.2 Å². The molecule has 0 aliphatic heterocycles. The van der Waals surface area contributed by atoms with Gasteiger partial charge >= 0.3 is 0 Å². The maximum Gasteiger partial charge on any atom is 0.244 e. The summed E-state index contributed by atoms with van der Waals surface area (Å²) in [7, 11) is -3.40. The largest absolute Gasteiger partial charge is 0.324 e. The zero-order chi connectivity index (χ0) is 22.0. The molecule has 0 atom stereocenters. The first-order chi connectivity index (χ1) is 14.8. The number of hydrogen-bond donors (Lipinski definition) is 2. The number of halogens is 1. The van der Waals surface area contributed by atoms with E-state index in [1.165, 1.54) is 6.07 Å². The number of amides is 1. The molecule has 1 saturated carbocycles. The van der Waals surface area contributed by atoms with Crippen molar-refractivity contribution in [3.05, 3.63) is 58.3 Å². The van der Waals surface area contributed by atoms with Crippen LogP contribution in [0.1, 0.15) is 25.7 Å². The number of nitrogens with one attached hydrogen (secondary N) is 2. The van der Waals surface area contributed by atoms with E-state index in [-0.39, 0.29) is 22.6 Å². The Morgan fingerprint density at radius 1 is 1.19 bits per heavy atom. The molecule has 0 bridgehead atoms. The highest BCUT2D eigenvalue weighted by Gasteiger charge is 2.30. The number of rotatable bonds is 6. The summed E-state index contributed by atoms with van der Waals surface area (Å²) in [6, 6.07) is 13.4. The first-order valence-corrected chi connectivity index (χ1v) is 12.2. The van der Waals surface area contributed by atoms with E-state index in [1.807, 2.05) is 0 Å². The Balaban J connectivity index is 1.52. The molecule has 1 amide bonds. The van der Waals surface area contributed by atoms with Crippen molar-refractivity contribution in [1.29, 1.82) is 0 Å². The number of aromatic nitrogens is 3. The van der Waals surface area contributed by atoms with E-state index in [1.54, 1.807) is 47.0 Å². The van der Waals surface area contributed by atoms with Crippen molar-refractivity contribution in [2.75, 3.05) is 5.32 Å². The normalized spacial score (nSPS) is 14.6. The second-order valence-electron chi connectivity index (χ2n) is 7.47. The smallest absolute Gasteiger partial charge is 0.244 e. The van der Waals surface area contributed by atoms with Crippen LogP contribution in [0, 0.1) is 4.77 Å². The van der Waals surface area contributed by atoms with Crippen molar-refractivity contribution < 1.29 is 13.2 Å². The van der Waals surface area contributed by atoms with Crippen LogP contribution in [0.2, 0.25) is 5.02 Å². The Morgan fingerprint density at radius 2 is 1.90 bits per heavy atom. The summed E-state index contributed by atoms with van der Waals surface area (Å²) in [6.07, 6.45) is 3.24. The van der Waals surface area contributed by atoms with Crippen LogP contribution in [0.5, 0.6) is 0 Å². The van der Waals surface area contributed by atoms with Gasteiger partial charge in [0.1, 0.15) is 6.54 Å². The van der Waals surface area contributed by atoms with Crippen molar-refractivity contribution in [2.24, 2.45) is 0 Å². The summed E-state index contributed by atoms with van der Waals surface area (Å²) in [5.74, 6) is 0.164. The number of anilines is 1. The number of benzene rings is 2. The fraction of sp³-hybridized carbons (Fsp3) is 0.286. The SMILES string of the molecule is O=C(Cn1c(-c2ccc(Cl)cc2)n[nH]c1=S)Nc1cccc(S(=O)(=O)C2CCCC2)c1. The van der Waals surface area contributed by atoms with E-state index in [2.05, 4.69) is 15.5 Å². The van der Waals surface area contributed by atoms with Crippen molar-refractivity contribution in [1.82, 2.24) is 14.8 Å². The van der Waals surface area contributed by atoms with Gasteiger partial charge < -0.3 is 5.32 Å². The van der Waals surface area contributed by atoms with E-state index in [0.717, 1.165) is 18.4 Å². The summed E-state index contributed by atoms with van der Waals surface area (Å²) < 4.78 is 27.6. The number of hydrogen-bond acceptors (Lipinski definition) is 5. The van der Waals surface area contributed by atoms with Crippen molar-refractivity contribution in [2.45, 2.75) is 42.4 Å². The van der Waals surface area contributed by atoms with Crippen LogP contribution < -0.4 is 5.32 Å². The molecule has 2 N–H and O–H groups in total. The molecule has 1 aliphatic rings. The van der Waals surface area contributed by atoms with E-state index < -0.39 is 9.84 Å². The Morgan fingerprint density at radius 3 is 2.61 bits per heavy atom. The van der Waals surface area contributed by atoms with Gasteiger partial charge in [0, 0.05) is 16.3 Å².